The van der Waals surface area contributed by atoms with Crippen LogP contribution in [0.2, 0.25) is 0 Å². The Kier molecular flexibility index (Phi) is 5.17. The van der Waals surface area contributed by atoms with Crippen LogP contribution in [0.15, 0.2) is 54.9 Å². The van der Waals surface area contributed by atoms with Crippen molar-refractivity contribution in [1.29, 1.82) is 0 Å². The van der Waals surface area contributed by atoms with E-state index in [-0.39, 0.29) is 5.91 Å². The van der Waals surface area contributed by atoms with Gasteiger partial charge in [-0.1, -0.05) is 6.07 Å². The third-order valence-electron chi connectivity index (χ3n) is 3.89. The van der Waals surface area contributed by atoms with E-state index in [0.717, 1.165) is 22.8 Å². The van der Waals surface area contributed by atoms with Crippen molar-refractivity contribution >= 4 is 11.7 Å². The lowest BCUT2D eigenvalue weighted by Gasteiger charge is -2.15. The Hall–Kier alpha value is -3.35. The normalized spacial score (nSPS) is 10.4. The van der Waals surface area contributed by atoms with E-state index in [1.54, 1.807) is 30.3 Å². The van der Waals surface area contributed by atoms with Crippen LogP contribution in [0.5, 0.6) is 5.75 Å². The molecule has 0 unspecified atom stereocenters. The topological polar surface area (TPSA) is 72.3 Å². The second kappa shape index (κ2) is 7.69. The lowest BCUT2D eigenvalue weighted by Crippen LogP contribution is -2.25. The summed E-state index contributed by atoms with van der Waals surface area (Å²) < 4.78 is 6.80. The highest BCUT2D eigenvalue weighted by molar-refractivity contribution is 5.92. The summed E-state index contributed by atoms with van der Waals surface area (Å²) in [4.78, 5) is 18.7. The van der Waals surface area contributed by atoms with Gasteiger partial charge in [-0.05, 0) is 36.4 Å². The first kappa shape index (κ1) is 17.5. The largest absolute Gasteiger partial charge is 0.497 e. The zero-order valence-electron chi connectivity index (χ0n) is 15.0. The third kappa shape index (κ3) is 3.83. The molecule has 134 valence electrons. The maximum atomic E-state index is 12.4. The molecule has 0 saturated heterocycles. The van der Waals surface area contributed by atoms with Crippen LogP contribution in [-0.4, -0.2) is 41.9 Å². The molecule has 0 radical (unpaired) electrons. The average molecular weight is 351 g/mol. The van der Waals surface area contributed by atoms with Crippen LogP contribution in [0.1, 0.15) is 16.1 Å². The monoisotopic (exact) mass is 351 g/mol. The lowest BCUT2D eigenvalue weighted by molar-refractivity contribution is 0.0945. The number of rotatable bonds is 6. The number of pyridine rings is 1. The van der Waals surface area contributed by atoms with E-state index in [0.29, 0.717) is 12.2 Å². The van der Waals surface area contributed by atoms with Gasteiger partial charge in [0.05, 0.1) is 12.8 Å². The van der Waals surface area contributed by atoms with Crippen LogP contribution in [0.25, 0.3) is 5.69 Å². The number of hydrogen-bond donors (Lipinski definition) is 1. The van der Waals surface area contributed by atoms with Gasteiger partial charge in [0, 0.05) is 38.6 Å². The summed E-state index contributed by atoms with van der Waals surface area (Å²) in [6.45, 7) is 0.385. The zero-order valence-corrected chi connectivity index (χ0v) is 15.0. The molecule has 0 aliphatic carbocycles. The highest BCUT2D eigenvalue weighted by Gasteiger charge is 2.12. The lowest BCUT2D eigenvalue weighted by atomic mass is 10.2. The molecule has 1 N–H and O–H groups in total. The molecular formula is C19H21N5O2. The number of aromatic nitrogens is 3. The Morgan fingerprint density at radius 2 is 1.96 bits per heavy atom. The van der Waals surface area contributed by atoms with Crippen LogP contribution in [0, 0.1) is 0 Å². The number of anilines is 1. The molecule has 0 spiro atoms. The molecule has 0 fully saturated rings. The number of carbonyl (C=O) groups is 1. The number of amides is 1. The van der Waals surface area contributed by atoms with Crippen LogP contribution in [0.3, 0.4) is 0 Å². The third-order valence-corrected chi connectivity index (χ3v) is 3.89. The Labute approximate surface area is 152 Å². The van der Waals surface area contributed by atoms with Gasteiger partial charge < -0.3 is 15.0 Å². The van der Waals surface area contributed by atoms with Gasteiger partial charge in [0.15, 0.2) is 5.69 Å². The number of hydrogen-bond acceptors (Lipinski definition) is 5. The molecule has 0 aliphatic rings. The SMILES string of the molecule is COc1ccc(-n2ccc(C(=O)NCc3cccnc3N(C)C)n2)cc1. The molecule has 1 amide bonds. The van der Waals surface area contributed by atoms with Crippen molar-refractivity contribution in [1.82, 2.24) is 20.1 Å². The second-order valence-corrected chi connectivity index (χ2v) is 5.91. The van der Waals surface area contributed by atoms with Crippen LogP contribution < -0.4 is 15.0 Å². The Morgan fingerprint density at radius 3 is 2.65 bits per heavy atom. The van der Waals surface area contributed by atoms with Crippen LogP contribution in [0.4, 0.5) is 5.82 Å². The maximum Gasteiger partial charge on any atom is 0.272 e. The van der Waals surface area contributed by atoms with E-state index >= 15 is 0 Å². The molecule has 7 nitrogen and oxygen atoms in total. The summed E-state index contributed by atoms with van der Waals surface area (Å²) in [5.41, 5.74) is 2.16. The van der Waals surface area contributed by atoms with Crippen molar-refractivity contribution in [3.8, 4) is 11.4 Å². The van der Waals surface area contributed by atoms with Gasteiger partial charge in [-0.2, -0.15) is 5.10 Å². The first-order valence-corrected chi connectivity index (χ1v) is 8.18. The van der Waals surface area contributed by atoms with Gasteiger partial charge in [0.2, 0.25) is 0 Å². The molecule has 26 heavy (non-hydrogen) atoms. The Morgan fingerprint density at radius 1 is 1.19 bits per heavy atom. The number of carbonyl (C=O) groups excluding carboxylic acids is 1. The highest BCUT2D eigenvalue weighted by Crippen LogP contribution is 2.16. The summed E-state index contributed by atoms with van der Waals surface area (Å²) >= 11 is 0. The molecule has 3 aromatic rings. The minimum absolute atomic E-state index is 0.231. The molecule has 7 heteroatoms. The Bertz CT molecular complexity index is 887. The van der Waals surface area contributed by atoms with Crippen molar-refractivity contribution in [3.05, 3.63) is 66.1 Å². The molecule has 0 atom stereocenters. The average Bonchev–Trinajstić information content (AvgIpc) is 3.16. The smallest absolute Gasteiger partial charge is 0.272 e. The number of nitrogens with one attached hydrogen (secondary N) is 1. The maximum absolute atomic E-state index is 12.4. The minimum Gasteiger partial charge on any atom is -0.497 e. The molecule has 3 rings (SSSR count). The number of benzene rings is 1. The van der Waals surface area contributed by atoms with Gasteiger partial charge in [0.25, 0.3) is 5.91 Å². The first-order valence-electron chi connectivity index (χ1n) is 8.18. The molecule has 1 aromatic carbocycles. The number of ether oxygens (including phenoxy) is 1. The summed E-state index contributed by atoms with van der Waals surface area (Å²) in [6.07, 6.45) is 3.49. The molecule has 2 aromatic heterocycles. The quantitative estimate of drug-likeness (QED) is 0.738. The predicted molar refractivity (Wildman–Crippen MR) is 99.9 cm³/mol. The molecule has 2 heterocycles. The van der Waals surface area contributed by atoms with E-state index in [9.17, 15) is 4.79 Å². The van der Waals surface area contributed by atoms with Crippen molar-refractivity contribution in [3.63, 3.8) is 0 Å². The van der Waals surface area contributed by atoms with Crippen molar-refractivity contribution in [2.75, 3.05) is 26.1 Å². The summed E-state index contributed by atoms with van der Waals surface area (Å²) in [5.74, 6) is 1.37. The highest BCUT2D eigenvalue weighted by atomic mass is 16.5. The zero-order chi connectivity index (χ0) is 18.5. The Balaban J connectivity index is 1.68. The van der Waals surface area contributed by atoms with E-state index in [4.69, 9.17) is 4.74 Å². The van der Waals surface area contributed by atoms with Crippen LogP contribution >= 0.6 is 0 Å². The molecule has 0 saturated carbocycles. The fourth-order valence-electron chi connectivity index (χ4n) is 2.56. The minimum atomic E-state index is -0.231. The van der Waals surface area contributed by atoms with E-state index in [2.05, 4.69) is 15.4 Å². The van der Waals surface area contributed by atoms with Crippen molar-refractivity contribution < 1.29 is 9.53 Å². The van der Waals surface area contributed by atoms with E-state index in [1.807, 2.05) is 55.4 Å². The molecule has 0 aliphatic heterocycles. The summed E-state index contributed by atoms with van der Waals surface area (Å²) in [5, 5.41) is 7.24. The van der Waals surface area contributed by atoms with Gasteiger partial charge in [0.1, 0.15) is 11.6 Å². The summed E-state index contributed by atoms with van der Waals surface area (Å²) in [6, 6.07) is 12.9. The van der Waals surface area contributed by atoms with Gasteiger partial charge in [-0.3, -0.25) is 4.79 Å². The molecule has 0 bridgehead atoms. The first-order chi connectivity index (χ1) is 12.6. The number of methoxy groups -OCH3 is 1. The standard InChI is InChI=1S/C19H21N5O2/c1-23(2)18-14(5-4-11-20-18)13-21-19(25)17-10-12-24(22-17)15-6-8-16(26-3)9-7-15/h4-12H,13H2,1-3H3,(H,21,25). The number of nitrogens with zero attached hydrogens (tertiary/aromatic N) is 4. The van der Waals surface area contributed by atoms with Crippen LogP contribution in [-0.2, 0) is 6.54 Å². The van der Waals surface area contributed by atoms with Crippen molar-refractivity contribution in [2.24, 2.45) is 0 Å². The fraction of sp³-hybridized carbons (Fsp3) is 0.211. The van der Waals surface area contributed by atoms with Crippen molar-refractivity contribution in [2.45, 2.75) is 6.54 Å². The predicted octanol–water partition coefficient (Wildman–Crippen LogP) is 2.27. The fourth-order valence-corrected chi connectivity index (χ4v) is 2.56. The van der Waals surface area contributed by atoms with Gasteiger partial charge in [-0.15, -0.1) is 0 Å². The second-order valence-electron chi connectivity index (χ2n) is 5.91. The van der Waals surface area contributed by atoms with E-state index in [1.165, 1.54) is 0 Å². The van der Waals surface area contributed by atoms with Gasteiger partial charge >= 0.3 is 0 Å². The summed E-state index contributed by atoms with van der Waals surface area (Å²) in [7, 11) is 5.46. The molecular weight excluding hydrogens is 330 g/mol. The van der Waals surface area contributed by atoms with E-state index < -0.39 is 0 Å². The van der Waals surface area contributed by atoms with Gasteiger partial charge in [-0.25, -0.2) is 9.67 Å².